The number of carboxylic acids is 1. The van der Waals surface area contributed by atoms with Crippen molar-refractivity contribution in [2.75, 3.05) is 0 Å². The van der Waals surface area contributed by atoms with Gasteiger partial charge in [0.2, 0.25) is 0 Å². The Morgan fingerprint density at radius 2 is 1.89 bits per heavy atom. The summed E-state index contributed by atoms with van der Waals surface area (Å²) in [7, 11) is 0. The Kier molecular flexibility index (Phi) is 3.25. The van der Waals surface area contributed by atoms with E-state index in [9.17, 15) is 13.6 Å². The number of rotatable bonds is 2. The first kappa shape index (κ1) is 12.4. The molecule has 92 valence electrons. The second kappa shape index (κ2) is 4.70. The van der Waals surface area contributed by atoms with Gasteiger partial charge in [-0.15, -0.1) is 0 Å². The van der Waals surface area contributed by atoms with Crippen LogP contribution in [0.25, 0.3) is 11.1 Å². The summed E-state index contributed by atoms with van der Waals surface area (Å²) in [6, 6.07) is 6.11. The van der Waals surface area contributed by atoms with E-state index in [4.69, 9.17) is 16.7 Å². The Morgan fingerprint density at radius 1 is 1.17 bits per heavy atom. The van der Waals surface area contributed by atoms with Crippen molar-refractivity contribution >= 4 is 17.6 Å². The molecule has 0 radical (unpaired) electrons. The minimum absolute atomic E-state index is 0.0242. The van der Waals surface area contributed by atoms with Crippen LogP contribution in [-0.4, -0.2) is 16.1 Å². The number of carboxylic acid groups (broad SMARTS) is 1. The molecule has 2 rings (SSSR count). The zero-order chi connectivity index (χ0) is 13.3. The van der Waals surface area contributed by atoms with Crippen LogP contribution in [0.15, 0.2) is 30.3 Å². The normalized spacial score (nSPS) is 10.4. The number of benzene rings is 1. The lowest BCUT2D eigenvalue weighted by molar-refractivity contribution is 0.0691. The van der Waals surface area contributed by atoms with E-state index >= 15 is 0 Å². The number of carbonyl (C=O) groups is 1. The third kappa shape index (κ3) is 2.17. The molecule has 0 amide bonds. The molecule has 0 aliphatic rings. The third-order valence-electron chi connectivity index (χ3n) is 2.31. The Morgan fingerprint density at radius 3 is 2.56 bits per heavy atom. The lowest BCUT2D eigenvalue weighted by atomic mass is 10.0. The molecule has 0 aliphatic heterocycles. The van der Waals surface area contributed by atoms with Crippen LogP contribution in [0.4, 0.5) is 8.78 Å². The van der Waals surface area contributed by atoms with Crippen molar-refractivity contribution in [1.82, 2.24) is 4.98 Å². The summed E-state index contributed by atoms with van der Waals surface area (Å²) in [6.45, 7) is 0. The van der Waals surface area contributed by atoms with Gasteiger partial charge in [0.15, 0.2) is 17.3 Å². The lowest BCUT2D eigenvalue weighted by Crippen LogP contribution is -2.04. The van der Waals surface area contributed by atoms with Crippen molar-refractivity contribution in [3.05, 3.63) is 52.8 Å². The van der Waals surface area contributed by atoms with Gasteiger partial charge in [0.25, 0.3) is 0 Å². The molecule has 1 aromatic carbocycles. The number of aromatic carboxylic acids is 1. The molecule has 2 aromatic rings. The largest absolute Gasteiger partial charge is 0.476 e. The molecule has 0 bridgehead atoms. The summed E-state index contributed by atoms with van der Waals surface area (Å²) in [6.07, 6.45) is 0. The van der Waals surface area contributed by atoms with Crippen LogP contribution < -0.4 is 0 Å². The zero-order valence-corrected chi connectivity index (χ0v) is 9.58. The fourth-order valence-electron chi connectivity index (χ4n) is 1.53. The number of nitrogens with zero attached hydrogens (tertiary/aromatic N) is 1. The van der Waals surface area contributed by atoms with E-state index in [1.807, 2.05) is 0 Å². The van der Waals surface area contributed by atoms with Crippen molar-refractivity contribution in [2.45, 2.75) is 0 Å². The summed E-state index contributed by atoms with van der Waals surface area (Å²) in [4.78, 5) is 14.6. The molecule has 1 N–H and O–H groups in total. The fourth-order valence-corrected chi connectivity index (χ4v) is 1.68. The van der Waals surface area contributed by atoms with Crippen molar-refractivity contribution in [3.8, 4) is 11.1 Å². The van der Waals surface area contributed by atoms with Crippen LogP contribution in [0, 0.1) is 11.6 Å². The maximum absolute atomic E-state index is 13.6. The molecule has 18 heavy (non-hydrogen) atoms. The number of pyridine rings is 1. The van der Waals surface area contributed by atoms with Gasteiger partial charge in [-0.3, -0.25) is 0 Å². The highest BCUT2D eigenvalue weighted by Gasteiger charge is 2.18. The third-order valence-corrected chi connectivity index (χ3v) is 2.52. The monoisotopic (exact) mass is 269 g/mol. The van der Waals surface area contributed by atoms with E-state index in [0.29, 0.717) is 0 Å². The van der Waals surface area contributed by atoms with Crippen LogP contribution in [-0.2, 0) is 0 Å². The van der Waals surface area contributed by atoms with Gasteiger partial charge >= 0.3 is 5.97 Å². The molecule has 3 nitrogen and oxygen atoms in total. The highest BCUT2D eigenvalue weighted by molar-refractivity contribution is 6.29. The number of halogens is 3. The molecule has 0 saturated heterocycles. The van der Waals surface area contributed by atoms with E-state index < -0.39 is 23.3 Å². The van der Waals surface area contributed by atoms with Gasteiger partial charge < -0.3 is 5.11 Å². The first-order valence-electron chi connectivity index (χ1n) is 4.85. The van der Waals surface area contributed by atoms with Crippen LogP contribution in [0.3, 0.4) is 0 Å². The van der Waals surface area contributed by atoms with Crippen molar-refractivity contribution in [3.63, 3.8) is 0 Å². The number of hydrogen-bond acceptors (Lipinski definition) is 2. The van der Waals surface area contributed by atoms with Crippen LogP contribution in [0.2, 0.25) is 5.15 Å². The standard InChI is InChI=1S/C12H6ClF2NO2/c13-9-5-4-7(11(16-9)12(17)18)6-2-1-3-8(14)10(6)15/h1-5H,(H,17,18). The van der Waals surface area contributed by atoms with E-state index in [1.54, 1.807) is 0 Å². The SMILES string of the molecule is O=C(O)c1nc(Cl)ccc1-c1cccc(F)c1F. The van der Waals surface area contributed by atoms with Gasteiger partial charge in [-0.05, 0) is 18.2 Å². The topological polar surface area (TPSA) is 50.2 Å². The summed E-state index contributed by atoms with van der Waals surface area (Å²) < 4.78 is 26.7. The van der Waals surface area contributed by atoms with E-state index in [1.165, 1.54) is 24.3 Å². The zero-order valence-electron chi connectivity index (χ0n) is 8.82. The molecule has 6 heteroatoms. The molecule has 0 aliphatic carbocycles. The van der Waals surface area contributed by atoms with Gasteiger partial charge in [0.05, 0.1) is 0 Å². The molecule has 0 fully saturated rings. The highest BCUT2D eigenvalue weighted by atomic mass is 35.5. The molecular weight excluding hydrogens is 264 g/mol. The Balaban J connectivity index is 2.71. The molecule has 0 spiro atoms. The number of aromatic nitrogens is 1. The predicted molar refractivity (Wildman–Crippen MR) is 61.6 cm³/mol. The Bertz CT molecular complexity index is 631. The molecule has 1 aromatic heterocycles. The second-order valence-electron chi connectivity index (χ2n) is 3.44. The van der Waals surface area contributed by atoms with Gasteiger partial charge in [-0.25, -0.2) is 18.6 Å². The predicted octanol–water partition coefficient (Wildman–Crippen LogP) is 3.38. The second-order valence-corrected chi connectivity index (χ2v) is 3.82. The molecule has 0 atom stereocenters. The summed E-state index contributed by atoms with van der Waals surface area (Å²) in [5.41, 5.74) is -0.618. The van der Waals surface area contributed by atoms with Crippen molar-refractivity contribution < 1.29 is 18.7 Å². The molecule has 0 unspecified atom stereocenters. The van der Waals surface area contributed by atoms with E-state index in [0.717, 1.165) is 6.07 Å². The van der Waals surface area contributed by atoms with Crippen LogP contribution in [0.1, 0.15) is 10.5 Å². The minimum atomic E-state index is -1.36. The Hall–Kier alpha value is -2.01. The average molecular weight is 270 g/mol. The summed E-state index contributed by atoms with van der Waals surface area (Å²) in [5, 5.41) is 8.94. The minimum Gasteiger partial charge on any atom is -0.476 e. The van der Waals surface area contributed by atoms with Gasteiger partial charge in [0, 0.05) is 11.1 Å². The van der Waals surface area contributed by atoms with Gasteiger partial charge in [-0.2, -0.15) is 0 Å². The molecule has 1 heterocycles. The van der Waals surface area contributed by atoms with Crippen molar-refractivity contribution in [2.24, 2.45) is 0 Å². The molecule has 0 saturated carbocycles. The van der Waals surface area contributed by atoms with E-state index in [-0.39, 0.29) is 16.3 Å². The molecular formula is C12H6ClF2NO2. The van der Waals surface area contributed by atoms with E-state index in [2.05, 4.69) is 4.98 Å². The number of hydrogen-bond donors (Lipinski definition) is 1. The highest BCUT2D eigenvalue weighted by Crippen LogP contribution is 2.27. The summed E-state index contributed by atoms with van der Waals surface area (Å²) in [5.74, 6) is -3.54. The maximum Gasteiger partial charge on any atom is 0.355 e. The smallest absolute Gasteiger partial charge is 0.355 e. The van der Waals surface area contributed by atoms with Gasteiger partial charge in [-0.1, -0.05) is 23.7 Å². The summed E-state index contributed by atoms with van der Waals surface area (Å²) >= 11 is 5.58. The van der Waals surface area contributed by atoms with Gasteiger partial charge in [0.1, 0.15) is 5.15 Å². The fraction of sp³-hybridized carbons (Fsp3) is 0. The lowest BCUT2D eigenvalue weighted by Gasteiger charge is -2.07. The van der Waals surface area contributed by atoms with Crippen LogP contribution in [0.5, 0.6) is 0 Å². The first-order chi connectivity index (χ1) is 8.50. The Labute approximate surface area is 106 Å². The quantitative estimate of drug-likeness (QED) is 0.850. The van der Waals surface area contributed by atoms with Crippen molar-refractivity contribution in [1.29, 1.82) is 0 Å². The average Bonchev–Trinajstić information content (AvgIpc) is 2.33. The maximum atomic E-state index is 13.6. The van der Waals surface area contributed by atoms with Crippen LogP contribution >= 0.6 is 11.6 Å². The first-order valence-corrected chi connectivity index (χ1v) is 5.22.